The highest BCUT2D eigenvalue weighted by Crippen LogP contribution is 2.45. The van der Waals surface area contributed by atoms with Gasteiger partial charge >= 0.3 is 5.91 Å². The lowest BCUT2D eigenvalue weighted by Crippen LogP contribution is -2.29. The number of nitrogens with zero attached hydrogens (tertiary/aromatic N) is 2. The van der Waals surface area contributed by atoms with Gasteiger partial charge in [0, 0.05) is 5.56 Å². The van der Waals surface area contributed by atoms with E-state index < -0.39 is 17.7 Å². The van der Waals surface area contributed by atoms with Crippen LogP contribution in [0.5, 0.6) is 11.5 Å². The number of thiazole rings is 1. The maximum absolute atomic E-state index is 13.6. The number of aliphatic hydroxyl groups is 1. The molecule has 1 aromatic heterocycles. The molecule has 1 saturated heterocycles. The van der Waals surface area contributed by atoms with Crippen LogP contribution in [0.2, 0.25) is 0 Å². The topological polar surface area (TPSA) is 89.0 Å². The zero-order valence-corrected chi connectivity index (χ0v) is 22.7. The number of aromatic nitrogens is 1. The molecule has 0 bridgehead atoms. The molecule has 2 aliphatic heterocycles. The molecule has 6 rings (SSSR count). The van der Waals surface area contributed by atoms with Gasteiger partial charge in [-0.15, -0.1) is 0 Å². The predicted octanol–water partition coefficient (Wildman–Crippen LogP) is 6.38. The third kappa shape index (κ3) is 4.34. The van der Waals surface area contributed by atoms with Crippen LogP contribution in [0, 0.1) is 0 Å². The summed E-state index contributed by atoms with van der Waals surface area (Å²) in [4.78, 5) is 33.3. The number of amides is 1. The molecule has 1 amide bonds. The van der Waals surface area contributed by atoms with Crippen LogP contribution in [0.4, 0.5) is 5.13 Å². The number of carbonyl (C=O) groups excluding carboxylic acids is 2. The molecule has 8 heteroatoms. The van der Waals surface area contributed by atoms with Crippen molar-refractivity contribution < 1.29 is 24.2 Å². The van der Waals surface area contributed by atoms with E-state index in [1.807, 2.05) is 36.4 Å². The fourth-order valence-electron chi connectivity index (χ4n) is 5.03. The van der Waals surface area contributed by atoms with Crippen LogP contribution < -0.4 is 14.4 Å². The molecular weight excluding hydrogens is 512 g/mol. The Morgan fingerprint density at radius 1 is 1.03 bits per heavy atom. The molecular formula is C31H28N2O5S. The van der Waals surface area contributed by atoms with Gasteiger partial charge in [0.25, 0.3) is 5.78 Å². The molecule has 7 nitrogen and oxygen atoms in total. The Morgan fingerprint density at radius 2 is 1.77 bits per heavy atom. The zero-order valence-electron chi connectivity index (χ0n) is 21.9. The minimum absolute atomic E-state index is 0.0162. The van der Waals surface area contributed by atoms with Crippen LogP contribution in [0.15, 0.2) is 66.2 Å². The highest BCUT2D eigenvalue weighted by atomic mass is 32.1. The second-order valence-corrected chi connectivity index (χ2v) is 11.0. The molecule has 39 heavy (non-hydrogen) atoms. The summed E-state index contributed by atoms with van der Waals surface area (Å²) >= 11 is 1.37. The van der Waals surface area contributed by atoms with Crippen LogP contribution in [0.1, 0.15) is 55.0 Å². The predicted molar refractivity (Wildman–Crippen MR) is 152 cm³/mol. The number of fused-ring (bicyclic) bond motifs is 2. The lowest BCUT2D eigenvalue weighted by Gasteiger charge is -2.23. The van der Waals surface area contributed by atoms with E-state index in [0.29, 0.717) is 46.9 Å². The minimum atomic E-state index is -0.842. The largest absolute Gasteiger partial charge is 0.507 e. The van der Waals surface area contributed by atoms with Crippen molar-refractivity contribution in [2.75, 3.05) is 18.1 Å². The molecule has 0 aliphatic carbocycles. The summed E-state index contributed by atoms with van der Waals surface area (Å²) in [5, 5.41) is 11.9. The molecule has 0 radical (unpaired) electrons. The number of aliphatic hydroxyl groups excluding tert-OH is 1. The third-order valence-corrected chi connectivity index (χ3v) is 8.25. The molecule has 3 aromatic carbocycles. The first-order valence-corrected chi connectivity index (χ1v) is 13.9. The lowest BCUT2D eigenvalue weighted by atomic mass is 9.93. The summed E-state index contributed by atoms with van der Waals surface area (Å²) in [7, 11) is 0. The summed E-state index contributed by atoms with van der Waals surface area (Å²) in [5.41, 5.74) is 4.16. The van der Waals surface area contributed by atoms with Gasteiger partial charge in [-0.25, -0.2) is 4.98 Å². The Balaban J connectivity index is 1.52. The van der Waals surface area contributed by atoms with Gasteiger partial charge in [0.1, 0.15) is 19.0 Å². The number of aryl methyl sites for hydroxylation is 1. The lowest BCUT2D eigenvalue weighted by molar-refractivity contribution is -0.132. The monoisotopic (exact) mass is 540 g/mol. The SMILES string of the molecule is CCc1ccc2nc(N3C(=O)C(=O)/C(=C(/O)c4ccc5c(c4)OCCO5)C3c3ccc(C(C)C)cc3)sc2c1. The van der Waals surface area contributed by atoms with Gasteiger partial charge < -0.3 is 14.6 Å². The minimum Gasteiger partial charge on any atom is -0.507 e. The van der Waals surface area contributed by atoms with Crippen molar-refractivity contribution in [3.05, 3.63) is 88.5 Å². The third-order valence-electron chi connectivity index (χ3n) is 7.23. The van der Waals surface area contributed by atoms with E-state index >= 15 is 0 Å². The zero-order chi connectivity index (χ0) is 27.3. The van der Waals surface area contributed by atoms with Crippen LogP contribution >= 0.6 is 11.3 Å². The number of benzene rings is 3. The first kappa shape index (κ1) is 25.1. The van der Waals surface area contributed by atoms with Gasteiger partial charge in [0.2, 0.25) is 0 Å². The quantitative estimate of drug-likeness (QED) is 0.180. The van der Waals surface area contributed by atoms with Crippen molar-refractivity contribution in [2.24, 2.45) is 0 Å². The highest BCUT2D eigenvalue weighted by molar-refractivity contribution is 7.22. The fourth-order valence-corrected chi connectivity index (χ4v) is 6.09. The van der Waals surface area contributed by atoms with E-state index in [0.717, 1.165) is 22.2 Å². The van der Waals surface area contributed by atoms with Crippen LogP contribution in [-0.4, -0.2) is 35.0 Å². The Hall–Kier alpha value is -4.17. The molecule has 1 fully saturated rings. The van der Waals surface area contributed by atoms with Crippen molar-refractivity contribution >= 4 is 44.1 Å². The van der Waals surface area contributed by atoms with Crippen molar-refractivity contribution in [2.45, 2.75) is 39.2 Å². The molecule has 4 aromatic rings. The van der Waals surface area contributed by atoms with Gasteiger partial charge in [0.05, 0.1) is 21.8 Å². The normalized spacial score (nSPS) is 18.4. The van der Waals surface area contributed by atoms with Crippen molar-refractivity contribution in [3.8, 4) is 11.5 Å². The number of Topliss-reactive ketones (excluding diaryl/α,β-unsaturated/α-hetero) is 1. The fraction of sp³-hybridized carbons (Fsp3) is 0.258. The molecule has 3 heterocycles. The van der Waals surface area contributed by atoms with Crippen LogP contribution in [-0.2, 0) is 16.0 Å². The number of rotatable bonds is 5. The molecule has 198 valence electrons. The standard InChI is InChI=1S/C31H28N2O5S/c1-4-18-5-11-22-25(15-18)39-31(32-22)33-27(20-8-6-19(7-9-20)17(2)3)26(29(35)30(33)36)28(34)21-10-12-23-24(16-21)38-14-13-37-23/h5-12,15-17,27,34H,4,13-14H2,1-3H3/b28-26+. The number of anilines is 1. The summed E-state index contributed by atoms with van der Waals surface area (Å²) in [6, 6.07) is 18.0. The average Bonchev–Trinajstić information content (AvgIpc) is 3.49. The Bertz CT molecular complexity index is 1640. The van der Waals surface area contributed by atoms with Gasteiger partial charge in [-0.2, -0.15) is 0 Å². The number of ketones is 1. The maximum atomic E-state index is 13.6. The van der Waals surface area contributed by atoms with E-state index in [4.69, 9.17) is 14.5 Å². The number of ether oxygens (including phenoxy) is 2. The van der Waals surface area contributed by atoms with E-state index in [2.05, 4.69) is 26.8 Å². The second-order valence-electron chi connectivity index (χ2n) is 10.0. The van der Waals surface area contributed by atoms with E-state index in [1.165, 1.54) is 21.8 Å². The van der Waals surface area contributed by atoms with Crippen molar-refractivity contribution in [1.29, 1.82) is 0 Å². The molecule has 1 N–H and O–H groups in total. The van der Waals surface area contributed by atoms with Crippen molar-refractivity contribution in [1.82, 2.24) is 4.98 Å². The van der Waals surface area contributed by atoms with E-state index in [1.54, 1.807) is 18.2 Å². The highest BCUT2D eigenvalue weighted by Gasteiger charge is 2.48. The average molecular weight is 541 g/mol. The Labute approximate surface area is 230 Å². The van der Waals surface area contributed by atoms with Crippen LogP contribution in [0.3, 0.4) is 0 Å². The maximum Gasteiger partial charge on any atom is 0.301 e. The smallest absolute Gasteiger partial charge is 0.301 e. The van der Waals surface area contributed by atoms with E-state index in [-0.39, 0.29) is 11.3 Å². The van der Waals surface area contributed by atoms with Gasteiger partial charge in [-0.05, 0) is 59.4 Å². The van der Waals surface area contributed by atoms with Gasteiger partial charge in [-0.3, -0.25) is 14.5 Å². The summed E-state index contributed by atoms with van der Waals surface area (Å²) in [6.07, 6.45) is 0.880. The van der Waals surface area contributed by atoms with Gasteiger partial charge in [-0.1, -0.05) is 62.4 Å². The van der Waals surface area contributed by atoms with Crippen LogP contribution in [0.25, 0.3) is 16.0 Å². The first-order valence-electron chi connectivity index (χ1n) is 13.1. The molecule has 1 atom stereocenters. The Kier molecular flexibility index (Phi) is 6.35. The summed E-state index contributed by atoms with van der Waals surface area (Å²) < 4.78 is 12.2. The summed E-state index contributed by atoms with van der Waals surface area (Å²) in [6.45, 7) is 7.13. The second kappa shape index (κ2) is 9.85. The number of carbonyl (C=O) groups is 2. The molecule has 0 spiro atoms. The van der Waals surface area contributed by atoms with Gasteiger partial charge in [0.15, 0.2) is 16.6 Å². The number of hydrogen-bond donors (Lipinski definition) is 1. The first-order chi connectivity index (χ1) is 18.9. The molecule has 0 saturated carbocycles. The van der Waals surface area contributed by atoms with Crippen molar-refractivity contribution in [3.63, 3.8) is 0 Å². The molecule has 2 aliphatic rings. The number of hydrogen-bond acceptors (Lipinski definition) is 7. The Morgan fingerprint density at radius 3 is 2.49 bits per heavy atom. The summed E-state index contributed by atoms with van der Waals surface area (Å²) in [5.74, 6) is -0.369. The molecule has 1 unspecified atom stereocenters. The van der Waals surface area contributed by atoms with E-state index in [9.17, 15) is 14.7 Å².